The molecule has 2 rings (SSSR count). The van der Waals surface area contributed by atoms with E-state index in [0.717, 1.165) is 12.1 Å². The Balaban J connectivity index is 2.01. The predicted octanol–water partition coefficient (Wildman–Crippen LogP) is 1.81. The van der Waals surface area contributed by atoms with E-state index in [2.05, 4.69) is 10.3 Å². The Labute approximate surface area is 133 Å². The van der Waals surface area contributed by atoms with Gasteiger partial charge in [-0.25, -0.2) is 4.98 Å². The van der Waals surface area contributed by atoms with Crippen LogP contribution in [-0.4, -0.2) is 31.1 Å². The van der Waals surface area contributed by atoms with Gasteiger partial charge in [0.15, 0.2) is 11.5 Å². The number of nitrogens with one attached hydrogen (secondary N) is 1. The SMILES string of the molecule is COc1cc(C(=O)NCCCN)ccc1OCc1cscn1. The number of hydrogen-bond acceptors (Lipinski definition) is 6. The molecule has 2 aromatic rings. The lowest BCUT2D eigenvalue weighted by molar-refractivity contribution is 0.0953. The van der Waals surface area contributed by atoms with E-state index < -0.39 is 0 Å². The molecular weight excluding hydrogens is 302 g/mol. The summed E-state index contributed by atoms with van der Waals surface area (Å²) in [6.45, 7) is 1.47. The van der Waals surface area contributed by atoms with Crippen molar-refractivity contribution >= 4 is 17.2 Å². The van der Waals surface area contributed by atoms with Gasteiger partial charge in [0, 0.05) is 17.5 Å². The minimum atomic E-state index is -0.155. The van der Waals surface area contributed by atoms with Crippen LogP contribution in [0, 0.1) is 0 Å². The van der Waals surface area contributed by atoms with Crippen LogP contribution in [0.4, 0.5) is 0 Å². The number of aromatic nitrogens is 1. The maximum atomic E-state index is 12.0. The van der Waals surface area contributed by atoms with Crippen molar-refractivity contribution in [2.45, 2.75) is 13.0 Å². The molecule has 1 heterocycles. The highest BCUT2D eigenvalue weighted by atomic mass is 32.1. The fourth-order valence-electron chi connectivity index (χ4n) is 1.79. The maximum Gasteiger partial charge on any atom is 0.251 e. The monoisotopic (exact) mass is 321 g/mol. The summed E-state index contributed by atoms with van der Waals surface area (Å²) in [5, 5.41) is 4.72. The number of thiazole rings is 1. The zero-order chi connectivity index (χ0) is 15.8. The molecule has 1 aromatic heterocycles. The zero-order valence-electron chi connectivity index (χ0n) is 12.4. The summed E-state index contributed by atoms with van der Waals surface area (Å²) < 4.78 is 11.0. The molecule has 22 heavy (non-hydrogen) atoms. The van der Waals surface area contributed by atoms with Crippen LogP contribution in [0.2, 0.25) is 0 Å². The van der Waals surface area contributed by atoms with Crippen LogP contribution in [0.1, 0.15) is 22.5 Å². The quantitative estimate of drug-likeness (QED) is 0.724. The summed E-state index contributed by atoms with van der Waals surface area (Å²) >= 11 is 1.52. The largest absolute Gasteiger partial charge is 0.493 e. The van der Waals surface area contributed by atoms with Gasteiger partial charge in [0.25, 0.3) is 5.91 Å². The van der Waals surface area contributed by atoms with Crippen molar-refractivity contribution < 1.29 is 14.3 Å². The molecule has 0 aliphatic rings. The van der Waals surface area contributed by atoms with E-state index in [-0.39, 0.29) is 5.91 Å². The van der Waals surface area contributed by atoms with E-state index in [1.165, 1.54) is 11.3 Å². The van der Waals surface area contributed by atoms with Crippen LogP contribution in [0.5, 0.6) is 11.5 Å². The molecule has 0 saturated carbocycles. The number of carbonyl (C=O) groups excluding carboxylic acids is 1. The van der Waals surface area contributed by atoms with Crippen molar-refractivity contribution in [3.8, 4) is 11.5 Å². The molecule has 0 spiro atoms. The third kappa shape index (κ3) is 4.44. The number of rotatable bonds is 8. The Kier molecular flexibility index (Phi) is 6.17. The molecule has 0 unspecified atom stereocenters. The van der Waals surface area contributed by atoms with Gasteiger partial charge in [-0.15, -0.1) is 11.3 Å². The van der Waals surface area contributed by atoms with Gasteiger partial charge in [0.05, 0.1) is 18.3 Å². The standard InChI is InChI=1S/C15H19N3O3S/c1-20-14-7-11(15(19)17-6-2-5-16)3-4-13(14)21-8-12-9-22-10-18-12/h3-4,7,9-10H,2,5-6,8,16H2,1H3,(H,17,19). The highest BCUT2D eigenvalue weighted by molar-refractivity contribution is 7.07. The molecule has 0 aliphatic carbocycles. The normalized spacial score (nSPS) is 10.3. The number of methoxy groups -OCH3 is 1. The number of hydrogen-bond donors (Lipinski definition) is 2. The van der Waals surface area contributed by atoms with Gasteiger partial charge in [-0.3, -0.25) is 4.79 Å². The molecule has 0 atom stereocenters. The van der Waals surface area contributed by atoms with Gasteiger partial charge in [-0.1, -0.05) is 0 Å². The zero-order valence-corrected chi connectivity index (χ0v) is 13.2. The highest BCUT2D eigenvalue weighted by Gasteiger charge is 2.11. The number of nitrogens with two attached hydrogens (primary N) is 1. The summed E-state index contributed by atoms with van der Waals surface area (Å²) in [6.07, 6.45) is 0.748. The summed E-state index contributed by atoms with van der Waals surface area (Å²) in [7, 11) is 1.54. The molecule has 6 nitrogen and oxygen atoms in total. The number of amides is 1. The molecule has 0 aliphatic heterocycles. The second-order valence-corrected chi connectivity index (χ2v) is 5.25. The lowest BCUT2D eigenvalue weighted by Crippen LogP contribution is -2.25. The van der Waals surface area contributed by atoms with Crippen molar-refractivity contribution in [1.82, 2.24) is 10.3 Å². The Bertz CT molecular complexity index is 602. The van der Waals surface area contributed by atoms with Gasteiger partial charge in [0.1, 0.15) is 6.61 Å². The third-order valence-electron chi connectivity index (χ3n) is 2.95. The van der Waals surface area contributed by atoms with Crippen LogP contribution in [-0.2, 0) is 6.61 Å². The molecule has 0 bridgehead atoms. The number of carbonyl (C=O) groups is 1. The van der Waals surface area contributed by atoms with E-state index in [9.17, 15) is 4.79 Å². The van der Waals surface area contributed by atoms with Gasteiger partial charge in [0.2, 0.25) is 0 Å². The first-order chi connectivity index (χ1) is 10.7. The van der Waals surface area contributed by atoms with E-state index in [1.807, 2.05) is 5.38 Å². The van der Waals surface area contributed by atoms with Gasteiger partial charge in [-0.2, -0.15) is 0 Å². The Morgan fingerprint density at radius 2 is 2.27 bits per heavy atom. The topological polar surface area (TPSA) is 86.5 Å². The highest BCUT2D eigenvalue weighted by Crippen LogP contribution is 2.28. The molecular formula is C15H19N3O3S. The van der Waals surface area contributed by atoms with Crippen molar-refractivity contribution in [3.05, 3.63) is 40.3 Å². The predicted molar refractivity (Wildman–Crippen MR) is 85.4 cm³/mol. The second kappa shape index (κ2) is 8.35. The van der Waals surface area contributed by atoms with E-state index in [0.29, 0.717) is 36.8 Å². The first-order valence-corrected chi connectivity index (χ1v) is 7.85. The van der Waals surface area contributed by atoms with Crippen molar-refractivity contribution in [2.24, 2.45) is 5.73 Å². The average molecular weight is 321 g/mol. The van der Waals surface area contributed by atoms with Crippen molar-refractivity contribution in [3.63, 3.8) is 0 Å². The van der Waals surface area contributed by atoms with Crippen LogP contribution >= 0.6 is 11.3 Å². The van der Waals surface area contributed by atoms with Crippen LogP contribution in [0.3, 0.4) is 0 Å². The van der Waals surface area contributed by atoms with E-state index >= 15 is 0 Å². The summed E-state index contributed by atoms with van der Waals surface area (Å²) in [4.78, 5) is 16.1. The Hall–Kier alpha value is -2.12. The summed E-state index contributed by atoms with van der Waals surface area (Å²) in [5.41, 5.74) is 8.54. The molecule has 0 radical (unpaired) electrons. The molecule has 3 N–H and O–H groups in total. The van der Waals surface area contributed by atoms with Gasteiger partial charge < -0.3 is 20.5 Å². The first-order valence-electron chi connectivity index (χ1n) is 6.90. The van der Waals surface area contributed by atoms with Gasteiger partial charge in [-0.05, 0) is 31.2 Å². The second-order valence-electron chi connectivity index (χ2n) is 4.53. The van der Waals surface area contributed by atoms with E-state index in [4.69, 9.17) is 15.2 Å². The number of benzene rings is 1. The Morgan fingerprint density at radius 1 is 1.41 bits per heavy atom. The lowest BCUT2D eigenvalue weighted by atomic mass is 10.2. The molecule has 118 valence electrons. The molecule has 0 saturated heterocycles. The third-order valence-corrected chi connectivity index (χ3v) is 3.59. The van der Waals surface area contributed by atoms with Gasteiger partial charge >= 0.3 is 0 Å². The Morgan fingerprint density at radius 3 is 2.95 bits per heavy atom. The van der Waals surface area contributed by atoms with Crippen molar-refractivity contribution in [1.29, 1.82) is 0 Å². The van der Waals surface area contributed by atoms with Crippen LogP contribution in [0.25, 0.3) is 0 Å². The molecule has 1 aromatic carbocycles. The average Bonchev–Trinajstić information content (AvgIpc) is 3.06. The number of ether oxygens (including phenoxy) is 2. The summed E-state index contributed by atoms with van der Waals surface area (Å²) in [6, 6.07) is 5.09. The minimum Gasteiger partial charge on any atom is -0.493 e. The first kappa shape index (κ1) is 16.3. The smallest absolute Gasteiger partial charge is 0.251 e. The summed E-state index contributed by atoms with van der Waals surface area (Å²) in [5.74, 6) is 0.938. The van der Waals surface area contributed by atoms with Crippen molar-refractivity contribution in [2.75, 3.05) is 20.2 Å². The van der Waals surface area contributed by atoms with Crippen LogP contribution < -0.4 is 20.5 Å². The fraction of sp³-hybridized carbons (Fsp3) is 0.333. The minimum absolute atomic E-state index is 0.155. The molecule has 7 heteroatoms. The lowest BCUT2D eigenvalue weighted by Gasteiger charge is -2.11. The van der Waals surface area contributed by atoms with Crippen LogP contribution in [0.15, 0.2) is 29.1 Å². The van der Waals surface area contributed by atoms with E-state index in [1.54, 1.807) is 30.8 Å². The number of nitrogens with zero attached hydrogens (tertiary/aromatic N) is 1. The maximum absolute atomic E-state index is 12.0. The molecule has 0 fully saturated rings. The molecule has 1 amide bonds. The fourth-order valence-corrected chi connectivity index (χ4v) is 2.34.